The molecule has 1 aromatic carbocycles. The van der Waals surface area contributed by atoms with Crippen LogP contribution < -0.4 is 11.1 Å². The van der Waals surface area contributed by atoms with Crippen molar-refractivity contribution < 1.29 is 14.3 Å². The van der Waals surface area contributed by atoms with E-state index in [9.17, 15) is 4.79 Å². The molecular formula is C15H24N2O3. The Morgan fingerprint density at radius 2 is 2.10 bits per heavy atom. The van der Waals surface area contributed by atoms with E-state index in [1.165, 1.54) is 0 Å². The Kier molecular flexibility index (Phi) is 7.50. The smallest absolute Gasteiger partial charge is 0.340 e. The number of para-hydroxylation sites is 1. The summed E-state index contributed by atoms with van der Waals surface area (Å²) in [6.07, 6.45) is 1.88. The van der Waals surface area contributed by atoms with Crippen LogP contribution in [0.25, 0.3) is 0 Å². The molecule has 1 aromatic rings. The van der Waals surface area contributed by atoms with Crippen LogP contribution in [0.2, 0.25) is 0 Å². The van der Waals surface area contributed by atoms with Crippen LogP contribution in [0.3, 0.4) is 0 Å². The van der Waals surface area contributed by atoms with E-state index >= 15 is 0 Å². The number of nitrogens with one attached hydrogen (secondary N) is 1. The molecule has 5 heteroatoms. The number of rotatable bonds is 9. The Balaban J connectivity index is 2.57. The molecule has 0 fully saturated rings. The van der Waals surface area contributed by atoms with E-state index in [1.54, 1.807) is 25.1 Å². The summed E-state index contributed by atoms with van der Waals surface area (Å²) in [6, 6.07) is 5.22. The van der Waals surface area contributed by atoms with E-state index in [2.05, 4.69) is 12.2 Å². The Morgan fingerprint density at radius 3 is 2.80 bits per heavy atom. The zero-order chi connectivity index (χ0) is 14.8. The van der Waals surface area contributed by atoms with Crippen molar-refractivity contribution in [2.75, 3.05) is 37.4 Å². The molecule has 0 aliphatic carbocycles. The van der Waals surface area contributed by atoms with Crippen LogP contribution in [0.1, 0.15) is 37.0 Å². The minimum atomic E-state index is -0.357. The molecule has 0 aliphatic rings. The van der Waals surface area contributed by atoms with E-state index in [-0.39, 0.29) is 5.97 Å². The molecule has 3 N–H and O–H groups in total. The van der Waals surface area contributed by atoms with E-state index in [1.807, 2.05) is 0 Å². The molecular weight excluding hydrogens is 256 g/mol. The highest BCUT2D eigenvalue weighted by Gasteiger charge is 2.14. The maximum absolute atomic E-state index is 11.8. The molecule has 0 bridgehead atoms. The van der Waals surface area contributed by atoms with Gasteiger partial charge in [-0.15, -0.1) is 0 Å². The second-order valence-electron chi connectivity index (χ2n) is 4.38. The van der Waals surface area contributed by atoms with Crippen molar-refractivity contribution in [1.29, 1.82) is 0 Å². The Labute approximate surface area is 120 Å². The number of nitrogen functional groups attached to an aromatic ring is 1. The zero-order valence-electron chi connectivity index (χ0n) is 12.3. The lowest BCUT2D eigenvalue weighted by Gasteiger charge is -2.13. The average Bonchev–Trinajstić information content (AvgIpc) is 2.44. The van der Waals surface area contributed by atoms with Gasteiger partial charge in [0.2, 0.25) is 0 Å². The third kappa shape index (κ3) is 5.09. The van der Waals surface area contributed by atoms with Gasteiger partial charge >= 0.3 is 5.97 Å². The van der Waals surface area contributed by atoms with Gasteiger partial charge in [0.05, 0.1) is 23.5 Å². The van der Waals surface area contributed by atoms with Gasteiger partial charge < -0.3 is 20.5 Å². The van der Waals surface area contributed by atoms with Crippen molar-refractivity contribution in [1.82, 2.24) is 0 Å². The normalized spacial score (nSPS) is 10.3. The number of carbonyl (C=O) groups excluding carboxylic acids is 1. The summed E-state index contributed by atoms with van der Waals surface area (Å²) in [4.78, 5) is 11.8. The lowest BCUT2D eigenvalue weighted by Crippen LogP contribution is -2.13. The van der Waals surface area contributed by atoms with Crippen LogP contribution in [-0.4, -0.2) is 32.3 Å². The second kappa shape index (κ2) is 9.20. The highest BCUT2D eigenvalue weighted by atomic mass is 16.5. The fourth-order valence-corrected chi connectivity index (χ4v) is 1.78. The number of esters is 1. The van der Waals surface area contributed by atoms with Crippen molar-refractivity contribution in [3.05, 3.63) is 23.8 Å². The number of ether oxygens (including phenoxy) is 2. The topological polar surface area (TPSA) is 73.6 Å². The van der Waals surface area contributed by atoms with Gasteiger partial charge in [0.25, 0.3) is 0 Å². The van der Waals surface area contributed by atoms with E-state index < -0.39 is 0 Å². The third-order valence-electron chi connectivity index (χ3n) is 2.71. The molecule has 0 saturated carbocycles. The molecule has 0 saturated heterocycles. The predicted molar refractivity (Wildman–Crippen MR) is 81.0 cm³/mol. The Hall–Kier alpha value is -1.75. The van der Waals surface area contributed by atoms with Crippen LogP contribution in [0.4, 0.5) is 11.4 Å². The van der Waals surface area contributed by atoms with E-state index in [0.717, 1.165) is 19.4 Å². The lowest BCUT2D eigenvalue weighted by atomic mass is 10.1. The Morgan fingerprint density at radius 1 is 1.30 bits per heavy atom. The molecule has 0 heterocycles. The lowest BCUT2D eigenvalue weighted by molar-refractivity contribution is 0.0527. The van der Waals surface area contributed by atoms with Crippen LogP contribution >= 0.6 is 0 Å². The molecule has 0 aromatic heterocycles. The number of hydrogen-bond acceptors (Lipinski definition) is 5. The molecule has 0 unspecified atom stereocenters. The van der Waals surface area contributed by atoms with Gasteiger partial charge in [0.1, 0.15) is 0 Å². The first kappa shape index (κ1) is 16.3. The van der Waals surface area contributed by atoms with Gasteiger partial charge in [0, 0.05) is 19.8 Å². The van der Waals surface area contributed by atoms with E-state index in [4.69, 9.17) is 15.2 Å². The van der Waals surface area contributed by atoms with E-state index in [0.29, 0.717) is 36.7 Å². The molecule has 0 atom stereocenters. The third-order valence-corrected chi connectivity index (χ3v) is 2.71. The SMILES string of the molecule is CCCOCCCNc1c(N)cccc1C(=O)OCC. The zero-order valence-corrected chi connectivity index (χ0v) is 12.3. The quantitative estimate of drug-likeness (QED) is 0.413. The van der Waals surface area contributed by atoms with Crippen LogP contribution in [0, 0.1) is 0 Å². The second-order valence-corrected chi connectivity index (χ2v) is 4.38. The van der Waals surface area contributed by atoms with Gasteiger partial charge in [-0.25, -0.2) is 4.79 Å². The minimum Gasteiger partial charge on any atom is -0.462 e. The molecule has 0 radical (unpaired) electrons. The maximum Gasteiger partial charge on any atom is 0.340 e. The summed E-state index contributed by atoms with van der Waals surface area (Å²) < 4.78 is 10.4. The first-order valence-corrected chi connectivity index (χ1v) is 7.07. The molecule has 0 spiro atoms. The highest BCUT2D eigenvalue weighted by molar-refractivity contribution is 5.98. The molecule has 0 amide bonds. The summed E-state index contributed by atoms with van der Waals surface area (Å²) >= 11 is 0. The fraction of sp³-hybridized carbons (Fsp3) is 0.533. The van der Waals surface area contributed by atoms with Gasteiger partial charge in [0.15, 0.2) is 0 Å². The average molecular weight is 280 g/mol. The monoisotopic (exact) mass is 280 g/mol. The number of anilines is 2. The maximum atomic E-state index is 11.8. The van der Waals surface area contributed by atoms with Gasteiger partial charge in [-0.2, -0.15) is 0 Å². The van der Waals surface area contributed by atoms with Gasteiger partial charge in [-0.05, 0) is 31.9 Å². The van der Waals surface area contributed by atoms with Crippen LogP contribution in [0.5, 0.6) is 0 Å². The van der Waals surface area contributed by atoms with Gasteiger partial charge in [-0.3, -0.25) is 0 Å². The largest absolute Gasteiger partial charge is 0.462 e. The Bertz CT molecular complexity index is 422. The molecule has 1 rings (SSSR count). The molecule has 5 nitrogen and oxygen atoms in total. The first-order chi connectivity index (χ1) is 9.70. The first-order valence-electron chi connectivity index (χ1n) is 7.07. The molecule has 112 valence electrons. The summed E-state index contributed by atoms with van der Waals surface area (Å²) in [5, 5.41) is 3.19. The number of benzene rings is 1. The van der Waals surface area contributed by atoms with Crippen molar-refractivity contribution >= 4 is 17.3 Å². The number of nitrogens with two attached hydrogens (primary N) is 1. The summed E-state index contributed by atoms with van der Waals surface area (Å²) in [5.41, 5.74) is 7.58. The minimum absolute atomic E-state index is 0.345. The fourth-order valence-electron chi connectivity index (χ4n) is 1.78. The standard InChI is InChI=1S/C15H24N2O3/c1-3-10-19-11-6-9-17-14-12(15(18)20-4-2)7-5-8-13(14)16/h5,7-8,17H,3-4,6,9-11,16H2,1-2H3. The predicted octanol–water partition coefficient (Wildman–Crippen LogP) is 2.67. The molecule has 20 heavy (non-hydrogen) atoms. The van der Waals surface area contributed by atoms with Gasteiger partial charge in [-0.1, -0.05) is 13.0 Å². The highest BCUT2D eigenvalue weighted by Crippen LogP contribution is 2.24. The van der Waals surface area contributed by atoms with Crippen LogP contribution in [0.15, 0.2) is 18.2 Å². The van der Waals surface area contributed by atoms with Crippen molar-refractivity contribution in [2.45, 2.75) is 26.7 Å². The number of hydrogen-bond donors (Lipinski definition) is 2. The van der Waals surface area contributed by atoms with Crippen molar-refractivity contribution in [3.63, 3.8) is 0 Å². The van der Waals surface area contributed by atoms with Crippen molar-refractivity contribution in [2.24, 2.45) is 0 Å². The van der Waals surface area contributed by atoms with Crippen LogP contribution in [-0.2, 0) is 9.47 Å². The van der Waals surface area contributed by atoms with Crippen molar-refractivity contribution in [3.8, 4) is 0 Å². The summed E-state index contributed by atoms with van der Waals surface area (Å²) in [5.74, 6) is -0.357. The summed E-state index contributed by atoms with van der Waals surface area (Å²) in [7, 11) is 0. The number of carbonyl (C=O) groups is 1. The molecule has 0 aliphatic heterocycles. The summed E-state index contributed by atoms with van der Waals surface area (Å²) in [6.45, 7) is 6.38.